The summed E-state index contributed by atoms with van der Waals surface area (Å²) in [5.41, 5.74) is 4.90. The molecule has 1 fully saturated rings. The van der Waals surface area contributed by atoms with Crippen molar-refractivity contribution in [2.24, 2.45) is 5.92 Å². The number of hydrogen-bond acceptors (Lipinski definition) is 2. The van der Waals surface area contributed by atoms with Crippen molar-refractivity contribution < 1.29 is 4.79 Å². The fourth-order valence-corrected chi connectivity index (χ4v) is 4.39. The fourth-order valence-electron chi connectivity index (χ4n) is 4.39. The molecule has 0 radical (unpaired) electrons. The second-order valence-electron chi connectivity index (χ2n) is 7.86. The van der Waals surface area contributed by atoms with Crippen LogP contribution in [0.5, 0.6) is 0 Å². The molecule has 0 bridgehead atoms. The Kier molecular flexibility index (Phi) is 5.07. The second-order valence-corrected chi connectivity index (χ2v) is 7.86. The molecule has 26 heavy (non-hydrogen) atoms. The van der Waals surface area contributed by atoms with Gasteiger partial charge >= 0.3 is 0 Å². The van der Waals surface area contributed by atoms with E-state index >= 15 is 0 Å². The SMILES string of the molecule is CN(C(=O)c1ccc(C[C@@H]2CCCNC2)cc1)C1Cc2ccccc2C1. The molecule has 1 N–H and O–H groups in total. The molecule has 1 aliphatic carbocycles. The van der Waals surface area contributed by atoms with Crippen LogP contribution in [0, 0.1) is 5.92 Å². The molecular formula is C23H28N2O. The third kappa shape index (κ3) is 3.68. The Morgan fingerprint density at radius 1 is 1.08 bits per heavy atom. The van der Waals surface area contributed by atoms with Gasteiger partial charge in [-0.25, -0.2) is 0 Å². The lowest BCUT2D eigenvalue weighted by molar-refractivity contribution is 0.0737. The monoisotopic (exact) mass is 348 g/mol. The number of carbonyl (C=O) groups excluding carboxylic acids is 1. The number of rotatable bonds is 4. The van der Waals surface area contributed by atoms with E-state index in [0.29, 0.717) is 0 Å². The van der Waals surface area contributed by atoms with E-state index in [-0.39, 0.29) is 11.9 Å². The van der Waals surface area contributed by atoms with Crippen LogP contribution in [0.1, 0.15) is 39.9 Å². The van der Waals surface area contributed by atoms with Crippen LogP contribution in [0.25, 0.3) is 0 Å². The molecule has 2 aromatic carbocycles. The Hall–Kier alpha value is -2.13. The van der Waals surface area contributed by atoms with Crippen LogP contribution in [0.4, 0.5) is 0 Å². The first-order chi connectivity index (χ1) is 12.7. The zero-order valence-electron chi connectivity index (χ0n) is 15.6. The topological polar surface area (TPSA) is 32.3 Å². The van der Waals surface area contributed by atoms with Crippen LogP contribution in [0.15, 0.2) is 48.5 Å². The smallest absolute Gasteiger partial charge is 0.253 e. The Balaban J connectivity index is 1.38. The molecule has 3 heteroatoms. The zero-order valence-corrected chi connectivity index (χ0v) is 15.6. The van der Waals surface area contributed by atoms with Gasteiger partial charge in [0.05, 0.1) is 0 Å². The maximum Gasteiger partial charge on any atom is 0.253 e. The molecular weight excluding hydrogens is 320 g/mol. The molecule has 0 aromatic heterocycles. The standard InChI is InChI=1S/C23H28N2O/c1-25(22-14-20-6-2-3-7-21(20)15-22)23(26)19-10-8-17(9-11-19)13-18-5-4-12-24-16-18/h2-3,6-11,18,22,24H,4-5,12-16H2,1H3/t18-/m0/s1. The minimum Gasteiger partial charge on any atom is -0.338 e. The summed E-state index contributed by atoms with van der Waals surface area (Å²) in [5, 5.41) is 3.48. The van der Waals surface area contributed by atoms with E-state index < -0.39 is 0 Å². The highest BCUT2D eigenvalue weighted by molar-refractivity contribution is 5.94. The number of benzene rings is 2. The van der Waals surface area contributed by atoms with Gasteiger partial charge in [-0.15, -0.1) is 0 Å². The molecule has 2 aromatic rings. The van der Waals surface area contributed by atoms with Crippen LogP contribution in [-0.4, -0.2) is 37.0 Å². The minimum absolute atomic E-state index is 0.133. The van der Waals surface area contributed by atoms with E-state index in [1.54, 1.807) is 0 Å². The Bertz CT molecular complexity index is 737. The highest BCUT2D eigenvalue weighted by atomic mass is 16.2. The van der Waals surface area contributed by atoms with Crippen molar-refractivity contribution >= 4 is 5.91 Å². The lowest BCUT2D eigenvalue weighted by Gasteiger charge is -2.25. The lowest BCUT2D eigenvalue weighted by atomic mass is 9.92. The average molecular weight is 348 g/mol. The molecule has 1 atom stereocenters. The second kappa shape index (κ2) is 7.63. The van der Waals surface area contributed by atoms with Gasteiger partial charge in [-0.3, -0.25) is 4.79 Å². The predicted octanol–water partition coefficient (Wildman–Crippen LogP) is 3.47. The van der Waals surface area contributed by atoms with Crippen molar-refractivity contribution in [2.75, 3.05) is 20.1 Å². The molecule has 4 rings (SSSR count). The Labute approximate surface area is 156 Å². The van der Waals surface area contributed by atoms with Gasteiger partial charge in [-0.2, -0.15) is 0 Å². The minimum atomic E-state index is 0.133. The molecule has 0 unspecified atom stereocenters. The van der Waals surface area contributed by atoms with Crippen molar-refractivity contribution in [2.45, 2.75) is 38.1 Å². The summed E-state index contributed by atoms with van der Waals surface area (Å²) < 4.78 is 0. The van der Waals surface area contributed by atoms with Gasteiger partial charge in [0.25, 0.3) is 5.91 Å². The maximum atomic E-state index is 12.9. The zero-order chi connectivity index (χ0) is 17.9. The Morgan fingerprint density at radius 3 is 2.38 bits per heavy atom. The van der Waals surface area contributed by atoms with Gasteiger partial charge in [-0.05, 0) is 79.9 Å². The van der Waals surface area contributed by atoms with Gasteiger partial charge in [0.2, 0.25) is 0 Å². The van der Waals surface area contributed by atoms with Crippen LogP contribution >= 0.6 is 0 Å². The average Bonchev–Trinajstić information content (AvgIpc) is 3.12. The van der Waals surface area contributed by atoms with E-state index in [2.05, 4.69) is 41.7 Å². The number of fused-ring (bicyclic) bond motifs is 1. The highest BCUT2D eigenvalue weighted by Gasteiger charge is 2.27. The van der Waals surface area contributed by atoms with E-state index in [9.17, 15) is 4.79 Å². The van der Waals surface area contributed by atoms with Crippen LogP contribution in [0.2, 0.25) is 0 Å². The lowest BCUT2D eigenvalue weighted by Crippen LogP contribution is -2.37. The van der Waals surface area contributed by atoms with Gasteiger partial charge < -0.3 is 10.2 Å². The number of carbonyl (C=O) groups is 1. The van der Waals surface area contributed by atoms with E-state index in [4.69, 9.17) is 0 Å². The summed E-state index contributed by atoms with van der Waals surface area (Å²) >= 11 is 0. The summed E-state index contributed by atoms with van der Waals surface area (Å²) in [4.78, 5) is 14.8. The van der Waals surface area contributed by atoms with Crippen molar-refractivity contribution in [3.8, 4) is 0 Å². The molecule has 1 heterocycles. The van der Waals surface area contributed by atoms with Crippen molar-refractivity contribution in [3.63, 3.8) is 0 Å². The maximum absolute atomic E-state index is 12.9. The molecule has 1 aliphatic heterocycles. The van der Waals surface area contributed by atoms with Gasteiger partial charge in [0.1, 0.15) is 0 Å². The summed E-state index contributed by atoms with van der Waals surface area (Å²) in [6, 6.07) is 17.1. The van der Waals surface area contributed by atoms with Crippen molar-refractivity contribution in [1.82, 2.24) is 10.2 Å². The molecule has 2 aliphatic rings. The fraction of sp³-hybridized carbons (Fsp3) is 0.435. The summed E-state index contributed by atoms with van der Waals surface area (Å²) in [6.45, 7) is 2.27. The predicted molar refractivity (Wildman–Crippen MR) is 105 cm³/mol. The highest BCUT2D eigenvalue weighted by Crippen LogP contribution is 2.26. The number of nitrogens with zero attached hydrogens (tertiary/aromatic N) is 1. The first kappa shape index (κ1) is 17.3. The number of likely N-dealkylation sites (N-methyl/N-ethyl adjacent to an activating group) is 1. The van der Waals surface area contributed by atoms with Gasteiger partial charge in [0, 0.05) is 18.7 Å². The van der Waals surface area contributed by atoms with Gasteiger partial charge in [0.15, 0.2) is 0 Å². The van der Waals surface area contributed by atoms with E-state index in [1.807, 2.05) is 24.1 Å². The summed E-state index contributed by atoms with van der Waals surface area (Å²) in [5.74, 6) is 0.860. The normalized spacial score (nSPS) is 20.0. The largest absolute Gasteiger partial charge is 0.338 e. The number of amides is 1. The first-order valence-electron chi connectivity index (χ1n) is 9.84. The molecule has 0 spiro atoms. The third-order valence-electron chi connectivity index (χ3n) is 6.02. The van der Waals surface area contributed by atoms with E-state index in [0.717, 1.165) is 43.8 Å². The summed E-state index contributed by atoms with van der Waals surface area (Å²) in [6.07, 6.45) is 5.61. The van der Waals surface area contributed by atoms with Crippen LogP contribution in [-0.2, 0) is 19.3 Å². The molecule has 136 valence electrons. The molecule has 3 nitrogen and oxygen atoms in total. The van der Waals surface area contributed by atoms with Crippen molar-refractivity contribution in [3.05, 3.63) is 70.8 Å². The first-order valence-corrected chi connectivity index (χ1v) is 9.84. The number of piperidine rings is 1. The summed E-state index contributed by atoms with van der Waals surface area (Å²) in [7, 11) is 1.94. The van der Waals surface area contributed by atoms with Crippen molar-refractivity contribution in [1.29, 1.82) is 0 Å². The van der Waals surface area contributed by atoms with Crippen LogP contribution in [0.3, 0.4) is 0 Å². The molecule has 1 saturated heterocycles. The number of nitrogens with one attached hydrogen (secondary N) is 1. The van der Waals surface area contributed by atoms with Gasteiger partial charge in [-0.1, -0.05) is 36.4 Å². The van der Waals surface area contributed by atoms with E-state index in [1.165, 1.54) is 29.5 Å². The van der Waals surface area contributed by atoms with Crippen LogP contribution < -0.4 is 5.32 Å². The Morgan fingerprint density at radius 2 is 1.77 bits per heavy atom. The quantitative estimate of drug-likeness (QED) is 0.918. The molecule has 1 amide bonds. The number of hydrogen-bond donors (Lipinski definition) is 1. The third-order valence-corrected chi connectivity index (χ3v) is 6.02. The molecule has 0 saturated carbocycles.